The molecule has 0 aliphatic heterocycles. The van der Waals surface area contributed by atoms with Crippen LogP contribution in [0.5, 0.6) is 5.75 Å². The van der Waals surface area contributed by atoms with Gasteiger partial charge < -0.3 is 19.4 Å². The van der Waals surface area contributed by atoms with Crippen LogP contribution in [0, 0.1) is 6.92 Å². The molecule has 170 valence electrons. The molecule has 1 amide bonds. The summed E-state index contributed by atoms with van der Waals surface area (Å²) in [7, 11) is 1.63. The van der Waals surface area contributed by atoms with E-state index in [1.54, 1.807) is 14.0 Å². The topological polar surface area (TPSA) is 82.5 Å². The fourth-order valence-corrected chi connectivity index (χ4v) is 4.06. The smallest absolute Gasteiger partial charge is 0.367 e. The molecule has 3 aromatic rings. The third-order valence-corrected chi connectivity index (χ3v) is 5.97. The summed E-state index contributed by atoms with van der Waals surface area (Å²) in [5.74, 6) is 0.241. The van der Waals surface area contributed by atoms with E-state index in [-0.39, 0.29) is 5.91 Å². The van der Waals surface area contributed by atoms with E-state index < -0.39 is 5.97 Å². The Morgan fingerprint density at radius 1 is 1.19 bits per heavy atom. The first kappa shape index (κ1) is 23.5. The molecule has 1 aromatic carbocycles. The molecule has 2 heterocycles. The number of unbranched alkanes of at least 4 members (excludes halogenated alkanes) is 1. The van der Waals surface area contributed by atoms with Crippen molar-refractivity contribution in [3.8, 4) is 17.1 Å². The van der Waals surface area contributed by atoms with E-state index in [4.69, 9.17) is 9.47 Å². The maximum absolute atomic E-state index is 12.8. The zero-order valence-corrected chi connectivity index (χ0v) is 19.8. The highest BCUT2D eigenvalue weighted by molar-refractivity contribution is 7.11. The third-order valence-electron chi connectivity index (χ3n) is 5.14. The lowest BCUT2D eigenvalue weighted by molar-refractivity contribution is 0.0526. The van der Waals surface area contributed by atoms with Crippen LogP contribution in [0.2, 0.25) is 0 Å². The molecule has 0 bridgehead atoms. The van der Waals surface area contributed by atoms with Crippen molar-refractivity contribution < 1.29 is 19.1 Å². The van der Waals surface area contributed by atoms with Gasteiger partial charge >= 0.3 is 5.97 Å². The minimum absolute atomic E-state index is 0.105. The van der Waals surface area contributed by atoms with Crippen molar-refractivity contribution in [3.05, 3.63) is 57.5 Å². The van der Waals surface area contributed by atoms with Crippen LogP contribution in [-0.4, -0.2) is 41.7 Å². The highest BCUT2D eigenvalue weighted by Crippen LogP contribution is 2.29. The van der Waals surface area contributed by atoms with Gasteiger partial charge in [-0.15, -0.1) is 11.3 Å². The van der Waals surface area contributed by atoms with E-state index in [2.05, 4.69) is 21.8 Å². The molecule has 0 fully saturated rings. The van der Waals surface area contributed by atoms with Crippen molar-refractivity contribution >= 4 is 23.2 Å². The fourth-order valence-electron chi connectivity index (χ4n) is 3.36. The van der Waals surface area contributed by atoms with Gasteiger partial charge in [-0.3, -0.25) is 4.79 Å². The molecular weight excluding hydrogens is 426 g/mol. The Balaban J connectivity index is 1.98. The summed E-state index contributed by atoms with van der Waals surface area (Å²) in [4.78, 5) is 29.4. The molecule has 0 unspecified atom stereocenters. The van der Waals surface area contributed by atoms with Gasteiger partial charge in [0.25, 0.3) is 5.91 Å². The van der Waals surface area contributed by atoms with Crippen LogP contribution < -0.4 is 10.1 Å². The first-order chi connectivity index (χ1) is 15.5. The van der Waals surface area contributed by atoms with Crippen LogP contribution in [0.25, 0.3) is 11.4 Å². The lowest BCUT2D eigenvalue weighted by Gasteiger charge is -2.12. The molecule has 32 heavy (non-hydrogen) atoms. The first-order valence-corrected chi connectivity index (χ1v) is 11.6. The lowest BCUT2D eigenvalue weighted by Crippen LogP contribution is -2.24. The van der Waals surface area contributed by atoms with E-state index in [1.807, 2.05) is 42.6 Å². The van der Waals surface area contributed by atoms with Crippen LogP contribution in [0.4, 0.5) is 0 Å². The summed E-state index contributed by atoms with van der Waals surface area (Å²) in [5, 5.41) is 5.11. The number of carbonyl (C=O) groups excluding carboxylic acids is 2. The van der Waals surface area contributed by atoms with Gasteiger partial charge in [-0.05, 0) is 44.0 Å². The normalized spacial score (nSPS) is 10.8. The summed E-state index contributed by atoms with van der Waals surface area (Å²) in [5.41, 5.74) is 3.93. The number of nitrogens with one attached hydrogen (secondary N) is 1. The van der Waals surface area contributed by atoms with E-state index in [9.17, 15) is 9.59 Å². The maximum Gasteiger partial charge on any atom is 0.367 e. The number of carbonyl (C=O) groups is 2. The predicted octanol–water partition coefficient (Wildman–Crippen LogP) is 4.68. The number of thiazole rings is 1. The van der Waals surface area contributed by atoms with Gasteiger partial charge in [0, 0.05) is 24.2 Å². The Morgan fingerprint density at radius 3 is 2.59 bits per heavy atom. The molecule has 0 aliphatic rings. The molecular formula is C24H29N3O4S. The lowest BCUT2D eigenvalue weighted by atomic mass is 10.2. The molecule has 8 heteroatoms. The highest BCUT2D eigenvalue weighted by Gasteiger charge is 2.21. The largest absolute Gasteiger partial charge is 0.497 e. The summed E-state index contributed by atoms with van der Waals surface area (Å²) < 4.78 is 12.4. The second kappa shape index (κ2) is 10.9. The van der Waals surface area contributed by atoms with Crippen molar-refractivity contribution in [1.29, 1.82) is 0 Å². The number of ether oxygens (including phenoxy) is 2. The molecule has 0 saturated heterocycles. The van der Waals surface area contributed by atoms with Crippen LogP contribution in [0.1, 0.15) is 58.1 Å². The predicted molar refractivity (Wildman–Crippen MR) is 126 cm³/mol. The Kier molecular flexibility index (Phi) is 8.05. The van der Waals surface area contributed by atoms with Gasteiger partial charge in [0.15, 0.2) is 0 Å². The second-order valence-electron chi connectivity index (χ2n) is 7.33. The average molecular weight is 456 g/mol. The number of methoxy groups -OCH3 is 1. The Bertz CT molecular complexity index is 1070. The molecule has 0 atom stereocenters. The summed E-state index contributed by atoms with van der Waals surface area (Å²) in [6.07, 6.45) is 1.94. The molecule has 3 rings (SSSR count). The minimum atomic E-state index is -0.439. The number of nitrogens with zero attached hydrogens (tertiary/aromatic N) is 2. The molecule has 0 spiro atoms. The van der Waals surface area contributed by atoms with E-state index in [0.29, 0.717) is 36.0 Å². The SMILES string of the molecule is CCCCNC(=O)c1cc(-c2csc(C(=O)OCC)n2)n(Cc2ccc(OC)cc2)c1C. The van der Waals surface area contributed by atoms with E-state index in [0.717, 1.165) is 35.5 Å². The Hall–Kier alpha value is -3.13. The maximum atomic E-state index is 12.8. The van der Waals surface area contributed by atoms with Crippen molar-refractivity contribution in [2.75, 3.05) is 20.3 Å². The zero-order chi connectivity index (χ0) is 23.1. The summed E-state index contributed by atoms with van der Waals surface area (Å²) >= 11 is 1.24. The summed E-state index contributed by atoms with van der Waals surface area (Å²) in [6.45, 7) is 7.27. The number of rotatable bonds is 10. The zero-order valence-electron chi connectivity index (χ0n) is 18.9. The number of hydrogen-bond donors (Lipinski definition) is 1. The second-order valence-corrected chi connectivity index (χ2v) is 8.19. The highest BCUT2D eigenvalue weighted by atomic mass is 32.1. The molecule has 0 radical (unpaired) electrons. The standard InChI is InChI=1S/C24H29N3O4S/c1-5-7-12-25-22(28)19-13-21(20-15-32-23(26-20)24(29)31-6-2)27(16(19)3)14-17-8-10-18(30-4)11-9-17/h8-11,13,15H,5-7,12,14H2,1-4H3,(H,25,28). The van der Waals surface area contributed by atoms with Gasteiger partial charge in [0.2, 0.25) is 5.01 Å². The summed E-state index contributed by atoms with van der Waals surface area (Å²) in [6, 6.07) is 9.66. The number of aromatic nitrogens is 2. The molecule has 0 saturated carbocycles. The Labute approximate surface area is 192 Å². The third kappa shape index (κ3) is 5.37. The van der Waals surface area contributed by atoms with Gasteiger partial charge in [-0.1, -0.05) is 25.5 Å². The average Bonchev–Trinajstić information content (AvgIpc) is 3.40. The quantitative estimate of drug-likeness (QED) is 0.354. The fraction of sp³-hybridized carbons (Fsp3) is 0.375. The van der Waals surface area contributed by atoms with Crippen molar-refractivity contribution in [1.82, 2.24) is 14.9 Å². The minimum Gasteiger partial charge on any atom is -0.497 e. The van der Waals surface area contributed by atoms with Crippen LogP contribution in [0.15, 0.2) is 35.7 Å². The van der Waals surface area contributed by atoms with Crippen LogP contribution >= 0.6 is 11.3 Å². The van der Waals surface area contributed by atoms with Gasteiger partial charge in [-0.25, -0.2) is 9.78 Å². The van der Waals surface area contributed by atoms with Crippen LogP contribution in [-0.2, 0) is 11.3 Å². The van der Waals surface area contributed by atoms with Gasteiger partial charge in [-0.2, -0.15) is 0 Å². The van der Waals surface area contributed by atoms with E-state index in [1.165, 1.54) is 11.3 Å². The molecule has 7 nitrogen and oxygen atoms in total. The van der Waals surface area contributed by atoms with Gasteiger partial charge in [0.05, 0.1) is 30.7 Å². The number of benzene rings is 1. The van der Waals surface area contributed by atoms with Crippen molar-refractivity contribution in [2.45, 2.75) is 40.2 Å². The van der Waals surface area contributed by atoms with Crippen molar-refractivity contribution in [3.63, 3.8) is 0 Å². The monoisotopic (exact) mass is 455 g/mol. The van der Waals surface area contributed by atoms with Gasteiger partial charge in [0.1, 0.15) is 5.75 Å². The van der Waals surface area contributed by atoms with Crippen molar-refractivity contribution in [2.24, 2.45) is 0 Å². The molecule has 0 aliphatic carbocycles. The number of amides is 1. The first-order valence-electron chi connectivity index (χ1n) is 10.7. The van der Waals surface area contributed by atoms with Crippen LogP contribution in [0.3, 0.4) is 0 Å². The number of esters is 1. The number of hydrogen-bond acceptors (Lipinski definition) is 6. The Morgan fingerprint density at radius 2 is 1.94 bits per heavy atom. The molecule has 1 N–H and O–H groups in total. The molecule has 2 aromatic heterocycles. The van der Waals surface area contributed by atoms with E-state index >= 15 is 0 Å².